The number of fused-ring (bicyclic) bond motifs is 1. The standard InChI is InChI=1S/C19H21FN4O/c1-12-9-13(2)22-19(21-12)14-5-7-24(8-6-14)11-18-23-16-4-3-15(20)10-17(16)25-18/h3-4,9-10,14H,5-8,11H2,1-2H3. The lowest BCUT2D eigenvalue weighted by Gasteiger charge is -2.30. The molecule has 0 saturated carbocycles. The van der Waals surface area contributed by atoms with Crippen LogP contribution in [0.15, 0.2) is 28.7 Å². The topological polar surface area (TPSA) is 55.1 Å². The van der Waals surface area contributed by atoms with E-state index in [1.54, 1.807) is 6.07 Å². The zero-order chi connectivity index (χ0) is 17.4. The Kier molecular flexibility index (Phi) is 4.21. The molecule has 2 aromatic heterocycles. The molecule has 130 valence electrons. The van der Waals surface area contributed by atoms with Crippen molar-refractivity contribution in [3.8, 4) is 0 Å². The van der Waals surface area contributed by atoms with Crippen LogP contribution in [0.2, 0.25) is 0 Å². The van der Waals surface area contributed by atoms with Gasteiger partial charge in [0.2, 0.25) is 5.89 Å². The Morgan fingerprint density at radius 1 is 1.08 bits per heavy atom. The molecule has 0 bridgehead atoms. The molecule has 1 saturated heterocycles. The Labute approximate surface area is 145 Å². The second-order valence-corrected chi connectivity index (χ2v) is 6.78. The summed E-state index contributed by atoms with van der Waals surface area (Å²) < 4.78 is 18.9. The average molecular weight is 340 g/mol. The van der Waals surface area contributed by atoms with Gasteiger partial charge in [-0.15, -0.1) is 0 Å². The van der Waals surface area contributed by atoms with Gasteiger partial charge >= 0.3 is 0 Å². The molecule has 0 aliphatic carbocycles. The molecule has 1 aliphatic heterocycles. The number of aromatic nitrogens is 3. The molecule has 1 aromatic carbocycles. The van der Waals surface area contributed by atoms with Crippen molar-refractivity contribution in [2.75, 3.05) is 13.1 Å². The van der Waals surface area contributed by atoms with Crippen LogP contribution in [0.25, 0.3) is 11.1 Å². The van der Waals surface area contributed by atoms with Crippen molar-refractivity contribution in [3.05, 3.63) is 53.2 Å². The summed E-state index contributed by atoms with van der Waals surface area (Å²) in [4.78, 5) is 16.0. The van der Waals surface area contributed by atoms with Crippen LogP contribution in [0.5, 0.6) is 0 Å². The molecule has 0 N–H and O–H groups in total. The summed E-state index contributed by atoms with van der Waals surface area (Å²) in [5, 5.41) is 0. The molecule has 5 nitrogen and oxygen atoms in total. The Morgan fingerprint density at radius 2 is 1.80 bits per heavy atom. The van der Waals surface area contributed by atoms with Gasteiger partial charge in [0.1, 0.15) is 17.2 Å². The fourth-order valence-electron chi connectivity index (χ4n) is 3.49. The highest BCUT2D eigenvalue weighted by Gasteiger charge is 2.24. The van der Waals surface area contributed by atoms with Gasteiger partial charge in [-0.1, -0.05) is 0 Å². The van der Waals surface area contributed by atoms with Crippen LogP contribution < -0.4 is 0 Å². The first-order valence-electron chi connectivity index (χ1n) is 8.66. The average Bonchev–Trinajstić information content (AvgIpc) is 2.96. The van der Waals surface area contributed by atoms with Gasteiger partial charge in [0.05, 0.1) is 6.54 Å². The van der Waals surface area contributed by atoms with Gasteiger partial charge in [-0.05, 0) is 58.0 Å². The highest BCUT2D eigenvalue weighted by Crippen LogP contribution is 2.27. The molecule has 4 rings (SSSR count). The molecular formula is C19H21FN4O. The number of piperidine rings is 1. The molecule has 3 heterocycles. The van der Waals surface area contributed by atoms with E-state index >= 15 is 0 Å². The quantitative estimate of drug-likeness (QED) is 0.727. The van der Waals surface area contributed by atoms with Gasteiger partial charge in [-0.3, -0.25) is 4.90 Å². The lowest BCUT2D eigenvalue weighted by molar-refractivity contribution is 0.186. The molecule has 1 aliphatic rings. The van der Waals surface area contributed by atoms with E-state index in [-0.39, 0.29) is 5.82 Å². The lowest BCUT2D eigenvalue weighted by Crippen LogP contribution is -2.33. The Morgan fingerprint density at radius 3 is 2.52 bits per heavy atom. The first-order chi connectivity index (χ1) is 12.1. The van der Waals surface area contributed by atoms with E-state index in [1.807, 2.05) is 19.9 Å². The number of halogens is 1. The highest BCUT2D eigenvalue weighted by atomic mass is 19.1. The van der Waals surface area contributed by atoms with E-state index < -0.39 is 0 Å². The summed E-state index contributed by atoms with van der Waals surface area (Å²) in [5.74, 6) is 1.72. The summed E-state index contributed by atoms with van der Waals surface area (Å²) in [5.41, 5.74) is 3.27. The lowest BCUT2D eigenvalue weighted by atomic mass is 9.95. The predicted molar refractivity (Wildman–Crippen MR) is 92.7 cm³/mol. The van der Waals surface area contributed by atoms with Gasteiger partial charge in [-0.25, -0.2) is 19.3 Å². The fourth-order valence-corrected chi connectivity index (χ4v) is 3.49. The molecule has 0 amide bonds. The molecule has 0 radical (unpaired) electrons. The highest BCUT2D eigenvalue weighted by molar-refractivity contribution is 5.72. The van der Waals surface area contributed by atoms with Crippen molar-refractivity contribution in [2.45, 2.75) is 39.2 Å². The monoisotopic (exact) mass is 340 g/mol. The minimum Gasteiger partial charge on any atom is -0.439 e. The van der Waals surface area contributed by atoms with E-state index in [0.717, 1.165) is 43.1 Å². The summed E-state index contributed by atoms with van der Waals surface area (Å²) in [6.45, 7) is 6.59. The van der Waals surface area contributed by atoms with Gasteiger partial charge < -0.3 is 4.42 Å². The van der Waals surface area contributed by atoms with E-state index in [4.69, 9.17) is 4.42 Å². The number of oxazole rings is 1. The van der Waals surface area contributed by atoms with Crippen molar-refractivity contribution in [2.24, 2.45) is 0 Å². The largest absolute Gasteiger partial charge is 0.439 e. The molecule has 0 spiro atoms. The Bertz CT molecular complexity index is 879. The zero-order valence-electron chi connectivity index (χ0n) is 14.5. The van der Waals surface area contributed by atoms with Crippen LogP contribution in [0.4, 0.5) is 4.39 Å². The minimum absolute atomic E-state index is 0.301. The SMILES string of the molecule is Cc1cc(C)nc(C2CCN(Cc3nc4ccc(F)cc4o3)CC2)n1. The van der Waals surface area contributed by atoms with Crippen LogP contribution >= 0.6 is 0 Å². The maximum absolute atomic E-state index is 13.3. The Balaban J connectivity index is 1.41. The van der Waals surface area contributed by atoms with Gasteiger partial charge in [0.15, 0.2) is 5.58 Å². The van der Waals surface area contributed by atoms with Crippen LogP contribution in [-0.4, -0.2) is 32.9 Å². The van der Waals surface area contributed by atoms with E-state index in [0.29, 0.717) is 29.5 Å². The van der Waals surface area contributed by atoms with Crippen molar-refractivity contribution < 1.29 is 8.81 Å². The van der Waals surface area contributed by atoms with E-state index in [1.165, 1.54) is 12.1 Å². The van der Waals surface area contributed by atoms with Crippen LogP contribution in [0.1, 0.15) is 41.9 Å². The normalized spacial score (nSPS) is 16.6. The molecule has 0 atom stereocenters. The van der Waals surface area contributed by atoms with Crippen LogP contribution in [-0.2, 0) is 6.54 Å². The summed E-state index contributed by atoms with van der Waals surface area (Å²) in [6, 6.07) is 6.45. The minimum atomic E-state index is -0.301. The van der Waals surface area contributed by atoms with Gasteiger partial charge in [0.25, 0.3) is 0 Å². The molecule has 25 heavy (non-hydrogen) atoms. The van der Waals surface area contributed by atoms with Crippen molar-refractivity contribution in [1.82, 2.24) is 19.9 Å². The number of nitrogens with zero attached hydrogens (tertiary/aromatic N) is 4. The van der Waals surface area contributed by atoms with E-state index in [9.17, 15) is 4.39 Å². The van der Waals surface area contributed by atoms with Gasteiger partial charge in [-0.2, -0.15) is 0 Å². The number of likely N-dealkylation sites (tertiary alicyclic amines) is 1. The third-order valence-corrected chi connectivity index (χ3v) is 4.71. The zero-order valence-corrected chi connectivity index (χ0v) is 14.5. The summed E-state index contributed by atoms with van der Waals surface area (Å²) in [7, 11) is 0. The Hall–Kier alpha value is -2.34. The predicted octanol–water partition coefficient (Wildman–Crippen LogP) is 3.75. The second kappa shape index (κ2) is 6.52. The maximum atomic E-state index is 13.3. The summed E-state index contributed by atoms with van der Waals surface area (Å²) in [6.07, 6.45) is 2.05. The third-order valence-electron chi connectivity index (χ3n) is 4.71. The first-order valence-corrected chi connectivity index (χ1v) is 8.66. The van der Waals surface area contributed by atoms with Crippen molar-refractivity contribution in [1.29, 1.82) is 0 Å². The van der Waals surface area contributed by atoms with Crippen molar-refractivity contribution >= 4 is 11.1 Å². The smallest absolute Gasteiger partial charge is 0.209 e. The number of rotatable bonds is 3. The maximum Gasteiger partial charge on any atom is 0.209 e. The fraction of sp³-hybridized carbons (Fsp3) is 0.421. The second-order valence-electron chi connectivity index (χ2n) is 6.78. The van der Waals surface area contributed by atoms with Crippen LogP contribution in [0.3, 0.4) is 0 Å². The van der Waals surface area contributed by atoms with Gasteiger partial charge in [0, 0.05) is 23.4 Å². The first kappa shape index (κ1) is 16.1. The summed E-state index contributed by atoms with van der Waals surface area (Å²) >= 11 is 0. The number of hydrogen-bond donors (Lipinski definition) is 0. The molecular weight excluding hydrogens is 319 g/mol. The van der Waals surface area contributed by atoms with Crippen LogP contribution in [0, 0.1) is 19.7 Å². The number of benzene rings is 1. The van der Waals surface area contributed by atoms with Crippen molar-refractivity contribution in [3.63, 3.8) is 0 Å². The van der Waals surface area contributed by atoms with E-state index in [2.05, 4.69) is 19.9 Å². The number of aryl methyl sites for hydroxylation is 2. The molecule has 3 aromatic rings. The molecule has 1 fully saturated rings. The molecule has 0 unspecified atom stereocenters. The third kappa shape index (κ3) is 3.54. The molecule has 6 heteroatoms. The number of hydrogen-bond acceptors (Lipinski definition) is 5.